The van der Waals surface area contributed by atoms with Crippen molar-refractivity contribution in [2.45, 2.75) is 209 Å². The van der Waals surface area contributed by atoms with E-state index in [1.54, 1.807) is 0 Å². The van der Waals surface area contributed by atoms with Crippen molar-refractivity contribution in [3.8, 4) is 28.8 Å². The highest BCUT2D eigenvalue weighted by molar-refractivity contribution is 6.17. The predicted octanol–water partition coefficient (Wildman–Crippen LogP) is 24.9. The van der Waals surface area contributed by atoms with Crippen LogP contribution in [0.2, 0.25) is 0 Å². The first-order valence-corrected chi connectivity index (χ1v) is 34.0. The molecule has 0 aliphatic heterocycles. The van der Waals surface area contributed by atoms with E-state index in [2.05, 4.69) is 336 Å². The Labute approximate surface area is 558 Å². The predicted molar refractivity (Wildman–Crippen MR) is 404 cm³/mol. The van der Waals surface area contributed by atoms with Crippen LogP contribution in [0.15, 0.2) is 146 Å². The molecular formula is C88H96N6. The molecule has 478 valence electrons. The number of aromatic nitrogens is 4. The van der Waals surface area contributed by atoms with E-state index in [1.165, 1.54) is 44.5 Å². The Bertz CT molecular complexity index is 4970. The van der Waals surface area contributed by atoms with Crippen LogP contribution < -0.4 is 0 Å². The number of rotatable bonds is 4. The molecule has 9 aromatic carbocycles. The number of fused-ring (bicyclic) bond motifs is 12. The highest BCUT2D eigenvalue weighted by Gasteiger charge is 2.37. The molecule has 0 amide bonds. The summed E-state index contributed by atoms with van der Waals surface area (Å²) in [5.41, 5.74) is 19.7. The summed E-state index contributed by atoms with van der Waals surface area (Å²) in [7, 11) is 0. The third kappa shape index (κ3) is 10.2. The minimum absolute atomic E-state index is 0.165. The number of nitrogens with zero attached hydrogens (tertiary/aromatic N) is 6. The van der Waals surface area contributed by atoms with E-state index in [1.807, 2.05) is 0 Å². The lowest BCUT2D eigenvalue weighted by Crippen LogP contribution is -2.15. The zero-order chi connectivity index (χ0) is 68.0. The van der Waals surface area contributed by atoms with Gasteiger partial charge in [-0.05, 0) is 185 Å². The molecule has 0 spiro atoms. The summed E-state index contributed by atoms with van der Waals surface area (Å²) in [5.74, 6) is 0. The highest BCUT2D eigenvalue weighted by atomic mass is 15.1. The SMILES string of the molecule is [C-]#[N+]c1c(-n2c3ccc(C(C)(C)C)cc3c3cc(C(C)(C)C)ccc32)c(C#N)c(-n2c3ccc(C(C)(C)C)cc3c3cc(C(C)(C)C)ccc32)c(-n2c3ccc(C(C)(C)C)cc3c3cc(C(C)(C)C)ccc32)c1-n1c2ccc(C(C)(C)C)cc2c2cc(C(C)(C)C)ccc21. The van der Waals surface area contributed by atoms with Gasteiger partial charge in [-0.2, -0.15) is 5.26 Å². The van der Waals surface area contributed by atoms with Gasteiger partial charge in [0.15, 0.2) is 0 Å². The quantitative estimate of drug-likeness (QED) is 0.162. The Hall–Kier alpha value is -8.84. The summed E-state index contributed by atoms with van der Waals surface area (Å²) in [6, 6.07) is 59.0. The topological polar surface area (TPSA) is 47.9 Å². The standard InChI is InChI=1S/C88H96N6/c1-81(2,3)51-26-34-68-59(42-51)60-43-52(82(4,5)6)27-35-69(60)91(68)77-67(50-89)78(92-70-36-28-53(83(7,8)9)44-61(70)62-45-54(84(10,11)12)29-37-71(62)92)80(94-74-40-32-57(87(19,20)21)48-65(74)66-49-58(88(22,23)24)33-41-75(66)94)79(76(77)90-25)93-72-38-30-55(85(13,14)15)46-63(72)64-47-56(86(16,17)18)31-39-73(64)93/h26-49H,1-24H3. The fourth-order valence-electron chi connectivity index (χ4n) is 14.5. The van der Waals surface area contributed by atoms with Gasteiger partial charge in [-0.3, -0.25) is 0 Å². The van der Waals surface area contributed by atoms with E-state index in [0.29, 0.717) is 28.3 Å². The van der Waals surface area contributed by atoms with Gasteiger partial charge in [0.05, 0.1) is 79.0 Å². The van der Waals surface area contributed by atoms with E-state index in [0.717, 1.165) is 92.9 Å². The van der Waals surface area contributed by atoms with Crippen molar-refractivity contribution in [2.24, 2.45) is 0 Å². The van der Waals surface area contributed by atoms with Crippen LogP contribution in [0.5, 0.6) is 0 Å². The Kier molecular flexibility index (Phi) is 14.2. The molecule has 0 unspecified atom stereocenters. The molecule has 4 heterocycles. The van der Waals surface area contributed by atoms with Crippen molar-refractivity contribution in [3.05, 3.63) is 207 Å². The summed E-state index contributed by atoms with van der Waals surface area (Å²) in [4.78, 5) is 5.03. The molecule has 6 nitrogen and oxygen atoms in total. The molecule has 0 N–H and O–H groups in total. The summed E-state index contributed by atoms with van der Waals surface area (Å²) < 4.78 is 9.61. The van der Waals surface area contributed by atoms with Crippen LogP contribution in [0.25, 0.3) is 115 Å². The lowest BCUT2D eigenvalue weighted by molar-refractivity contribution is 0.590. The van der Waals surface area contributed by atoms with Gasteiger partial charge in [0.25, 0.3) is 0 Å². The third-order valence-corrected chi connectivity index (χ3v) is 20.5. The number of nitriles is 1. The van der Waals surface area contributed by atoms with Gasteiger partial charge >= 0.3 is 0 Å². The third-order valence-electron chi connectivity index (χ3n) is 20.5. The molecule has 0 fully saturated rings. The molecule has 0 aliphatic carbocycles. The molecule has 13 aromatic rings. The summed E-state index contributed by atoms with van der Waals surface area (Å²) >= 11 is 0. The Morgan fingerprint density at radius 2 is 0.426 bits per heavy atom. The van der Waals surface area contributed by atoms with Crippen molar-refractivity contribution in [1.82, 2.24) is 18.3 Å². The zero-order valence-electron chi connectivity index (χ0n) is 60.5. The maximum atomic E-state index is 13.2. The fourth-order valence-corrected chi connectivity index (χ4v) is 14.5. The minimum atomic E-state index is -0.169. The van der Waals surface area contributed by atoms with Gasteiger partial charge in [0.1, 0.15) is 6.07 Å². The monoisotopic (exact) mass is 1240 g/mol. The smallest absolute Gasteiger partial charge is 0.237 e. The van der Waals surface area contributed by atoms with Crippen LogP contribution >= 0.6 is 0 Å². The van der Waals surface area contributed by atoms with E-state index in [4.69, 9.17) is 4.85 Å². The molecule has 13 rings (SSSR count). The molecular weight excluding hydrogens is 1140 g/mol. The second-order valence-corrected chi connectivity index (χ2v) is 35.5. The van der Waals surface area contributed by atoms with Crippen molar-refractivity contribution in [1.29, 1.82) is 5.26 Å². The molecule has 0 saturated carbocycles. The molecule has 0 atom stereocenters. The number of hydrogen-bond acceptors (Lipinski definition) is 1. The second-order valence-electron chi connectivity index (χ2n) is 35.5. The number of hydrogen-bond donors (Lipinski definition) is 0. The van der Waals surface area contributed by atoms with E-state index in [-0.39, 0.29) is 43.3 Å². The average molecular weight is 1240 g/mol. The van der Waals surface area contributed by atoms with Gasteiger partial charge in [0.2, 0.25) is 5.69 Å². The van der Waals surface area contributed by atoms with Gasteiger partial charge in [-0.1, -0.05) is 215 Å². The average Bonchev–Trinajstić information content (AvgIpc) is 1.48. The van der Waals surface area contributed by atoms with Gasteiger partial charge in [-0.15, -0.1) is 0 Å². The minimum Gasteiger partial charge on any atom is -0.318 e. The first kappa shape index (κ1) is 63.9. The van der Waals surface area contributed by atoms with Crippen LogP contribution in [0, 0.1) is 17.9 Å². The summed E-state index contributed by atoms with van der Waals surface area (Å²) in [5, 5.41) is 22.0. The van der Waals surface area contributed by atoms with E-state index in [9.17, 15) is 11.8 Å². The highest BCUT2D eigenvalue weighted by Crippen LogP contribution is 2.54. The van der Waals surface area contributed by atoms with Crippen LogP contribution in [0.1, 0.15) is 216 Å². The molecule has 0 saturated heterocycles. The molecule has 4 aromatic heterocycles. The molecule has 0 radical (unpaired) electrons. The normalized spacial score (nSPS) is 13.5. The summed E-state index contributed by atoms with van der Waals surface area (Å²) in [6.07, 6.45) is 0. The molecule has 0 bridgehead atoms. The second kappa shape index (κ2) is 20.8. The molecule has 94 heavy (non-hydrogen) atoms. The van der Waals surface area contributed by atoms with Gasteiger partial charge < -0.3 is 18.3 Å². The summed E-state index contributed by atoms with van der Waals surface area (Å²) in [6.45, 7) is 65.2. The maximum Gasteiger partial charge on any atom is 0.237 e. The van der Waals surface area contributed by atoms with Crippen LogP contribution in [-0.4, -0.2) is 18.3 Å². The zero-order valence-corrected chi connectivity index (χ0v) is 60.5. The maximum absolute atomic E-state index is 13.2. The Balaban J connectivity index is 1.40. The molecule has 0 aliphatic rings. The van der Waals surface area contributed by atoms with Gasteiger partial charge in [-0.25, -0.2) is 4.85 Å². The van der Waals surface area contributed by atoms with E-state index >= 15 is 0 Å². The van der Waals surface area contributed by atoms with Crippen molar-refractivity contribution in [3.63, 3.8) is 0 Å². The Morgan fingerprint density at radius 3 is 0.596 bits per heavy atom. The van der Waals surface area contributed by atoms with Crippen LogP contribution in [-0.2, 0) is 43.3 Å². The van der Waals surface area contributed by atoms with Gasteiger partial charge in [0, 0.05) is 43.1 Å². The van der Waals surface area contributed by atoms with Crippen LogP contribution in [0.4, 0.5) is 5.69 Å². The first-order valence-electron chi connectivity index (χ1n) is 34.0. The number of benzene rings is 9. The largest absolute Gasteiger partial charge is 0.318 e. The lowest BCUT2D eigenvalue weighted by Gasteiger charge is -2.28. The van der Waals surface area contributed by atoms with Crippen molar-refractivity contribution >= 4 is 92.9 Å². The van der Waals surface area contributed by atoms with Crippen LogP contribution in [0.3, 0.4) is 0 Å². The lowest BCUT2D eigenvalue weighted by atomic mass is 9.85. The van der Waals surface area contributed by atoms with E-state index < -0.39 is 0 Å². The molecule has 6 heteroatoms. The fraction of sp³-hybridized carbons (Fsp3) is 0.364. The first-order chi connectivity index (χ1) is 43.6. The van der Waals surface area contributed by atoms with Crippen molar-refractivity contribution < 1.29 is 0 Å². The van der Waals surface area contributed by atoms with Crippen molar-refractivity contribution in [2.75, 3.05) is 0 Å². The Morgan fingerprint density at radius 1 is 0.255 bits per heavy atom.